The first-order chi connectivity index (χ1) is 9.11. The summed E-state index contributed by atoms with van der Waals surface area (Å²) in [5, 5.41) is 9.24. The minimum absolute atomic E-state index is 0.667. The number of nitrogens with zero attached hydrogens (tertiary/aromatic N) is 2. The van der Waals surface area contributed by atoms with Crippen molar-refractivity contribution >= 4 is 37.5 Å². The Bertz CT molecular complexity index is 632. The van der Waals surface area contributed by atoms with Crippen LogP contribution in [0.2, 0.25) is 0 Å². The standard InChI is InChI=1S/C15H12Br2N2/c1-19(10-11-4-2-5-12(16)8-11)15-7-3-6-14(17)13(15)9-18/h2-8H,10H2,1H3. The first kappa shape index (κ1) is 14.1. The molecule has 0 bridgehead atoms. The highest BCUT2D eigenvalue weighted by atomic mass is 79.9. The molecule has 0 atom stereocenters. The van der Waals surface area contributed by atoms with Crippen LogP contribution >= 0.6 is 31.9 Å². The molecule has 0 amide bonds. The van der Waals surface area contributed by atoms with E-state index in [-0.39, 0.29) is 0 Å². The monoisotopic (exact) mass is 378 g/mol. The molecular formula is C15H12Br2N2. The van der Waals surface area contributed by atoms with Crippen molar-refractivity contribution in [1.82, 2.24) is 0 Å². The van der Waals surface area contributed by atoms with Crippen LogP contribution in [0.25, 0.3) is 0 Å². The van der Waals surface area contributed by atoms with Crippen molar-refractivity contribution in [3.05, 3.63) is 62.5 Å². The predicted molar refractivity (Wildman–Crippen MR) is 85.1 cm³/mol. The minimum atomic E-state index is 0.667. The normalized spacial score (nSPS) is 10.0. The Morgan fingerprint density at radius 1 is 1.16 bits per heavy atom. The van der Waals surface area contributed by atoms with Gasteiger partial charge in [0.15, 0.2) is 0 Å². The molecule has 0 radical (unpaired) electrons. The molecule has 96 valence electrons. The van der Waals surface area contributed by atoms with Crippen molar-refractivity contribution in [2.45, 2.75) is 6.54 Å². The molecule has 19 heavy (non-hydrogen) atoms. The van der Waals surface area contributed by atoms with Gasteiger partial charge in [-0.25, -0.2) is 0 Å². The maximum atomic E-state index is 9.24. The van der Waals surface area contributed by atoms with Crippen molar-refractivity contribution in [3.63, 3.8) is 0 Å². The second kappa shape index (κ2) is 6.23. The highest BCUT2D eigenvalue weighted by molar-refractivity contribution is 9.10. The van der Waals surface area contributed by atoms with Gasteiger partial charge in [-0.15, -0.1) is 0 Å². The molecule has 0 saturated carbocycles. The largest absolute Gasteiger partial charge is 0.369 e. The number of hydrogen-bond donors (Lipinski definition) is 0. The van der Waals surface area contributed by atoms with Gasteiger partial charge in [-0.3, -0.25) is 0 Å². The van der Waals surface area contributed by atoms with Gasteiger partial charge in [0.25, 0.3) is 0 Å². The molecule has 0 aliphatic heterocycles. The van der Waals surface area contributed by atoms with E-state index in [0.717, 1.165) is 21.2 Å². The van der Waals surface area contributed by atoms with E-state index >= 15 is 0 Å². The van der Waals surface area contributed by atoms with Gasteiger partial charge in [0.2, 0.25) is 0 Å². The lowest BCUT2D eigenvalue weighted by atomic mass is 10.1. The topological polar surface area (TPSA) is 27.0 Å². The van der Waals surface area contributed by atoms with Crippen LogP contribution in [-0.4, -0.2) is 7.05 Å². The number of anilines is 1. The fraction of sp³-hybridized carbons (Fsp3) is 0.133. The molecule has 0 spiro atoms. The van der Waals surface area contributed by atoms with E-state index in [1.165, 1.54) is 5.56 Å². The summed E-state index contributed by atoms with van der Waals surface area (Å²) in [6.45, 7) is 0.755. The van der Waals surface area contributed by atoms with Gasteiger partial charge in [0.1, 0.15) is 6.07 Å². The highest BCUT2D eigenvalue weighted by Crippen LogP contribution is 2.27. The van der Waals surface area contributed by atoms with E-state index in [2.05, 4.69) is 55.0 Å². The Morgan fingerprint density at radius 3 is 2.58 bits per heavy atom. The fourth-order valence-corrected chi connectivity index (χ4v) is 2.83. The number of benzene rings is 2. The molecule has 0 N–H and O–H groups in total. The summed E-state index contributed by atoms with van der Waals surface area (Å²) in [6, 6.07) is 16.2. The van der Waals surface area contributed by atoms with Crippen LogP contribution in [0.3, 0.4) is 0 Å². The lowest BCUT2D eigenvalue weighted by Crippen LogP contribution is -2.17. The van der Waals surface area contributed by atoms with Crippen LogP contribution in [-0.2, 0) is 6.54 Å². The van der Waals surface area contributed by atoms with Crippen molar-refractivity contribution in [1.29, 1.82) is 5.26 Å². The number of rotatable bonds is 3. The number of nitriles is 1. The van der Waals surface area contributed by atoms with Crippen LogP contribution in [0.5, 0.6) is 0 Å². The fourth-order valence-electron chi connectivity index (χ4n) is 1.94. The van der Waals surface area contributed by atoms with Crippen molar-refractivity contribution in [3.8, 4) is 6.07 Å². The molecule has 0 fully saturated rings. The summed E-state index contributed by atoms with van der Waals surface area (Å²) in [5.74, 6) is 0. The van der Waals surface area contributed by atoms with Crippen molar-refractivity contribution < 1.29 is 0 Å². The summed E-state index contributed by atoms with van der Waals surface area (Å²) < 4.78 is 1.89. The zero-order valence-electron chi connectivity index (χ0n) is 10.4. The molecule has 0 aliphatic carbocycles. The average molecular weight is 380 g/mol. The van der Waals surface area contributed by atoms with Gasteiger partial charge in [-0.1, -0.05) is 34.1 Å². The third kappa shape index (κ3) is 3.37. The molecule has 0 heterocycles. The van der Waals surface area contributed by atoms with E-state index < -0.39 is 0 Å². The van der Waals surface area contributed by atoms with Gasteiger partial charge in [-0.05, 0) is 45.8 Å². The van der Waals surface area contributed by atoms with E-state index in [9.17, 15) is 5.26 Å². The second-order valence-electron chi connectivity index (χ2n) is 4.23. The first-order valence-corrected chi connectivity index (χ1v) is 7.34. The van der Waals surface area contributed by atoms with E-state index in [1.54, 1.807) is 0 Å². The lowest BCUT2D eigenvalue weighted by molar-refractivity contribution is 0.919. The SMILES string of the molecule is CN(Cc1cccc(Br)c1)c1cccc(Br)c1C#N. The Labute approximate surface area is 129 Å². The maximum Gasteiger partial charge on any atom is 0.103 e. The van der Waals surface area contributed by atoms with Gasteiger partial charge in [0.05, 0.1) is 11.3 Å². The molecule has 4 heteroatoms. The van der Waals surface area contributed by atoms with Gasteiger partial charge in [-0.2, -0.15) is 5.26 Å². The predicted octanol–water partition coefficient (Wildman–Crippen LogP) is 4.72. The Hall–Kier alpha value is -1.31. The molecule has 2 aromatic rings. The third-order valence-electron chi connectivity index (χ3n) is 2.82. The van der Waals surface area contributed by atoms with Crippen LogP contribution in [0.1, 0.15) is 11.1 Å². The molecule has 2 nitrogen and oxygen atoms in total. The van der Waals surface area contributed by atoms with E-state index in [1.807, 2.05) is 37.4 Å². The molecular weight excluding hydrogens is 368 g/mol. The lowest BCUT2D eigenvalue weighted by Gasteiger charge is -2.21. The molecule has 2 aromatic carbocycles. The molecule has 2 rings (SSSR count). The molecule has 0 unspecified atom stereocenters. The Kier molecular flexibility index (Phi) is 4.62. The quantitative estimate of drug-likeness (QED) is 0.771. The maximum absolute atomic E-state index is 9.24. The number of halogens is 2. The first-order valence-electron chi connectivity index (χ1n) is 5.76. The smallest absolute Gasteiger partial charge is 0.103 e. The van der Waals surface area contributed by atoms with E-state index in [0.29, 0.717) is 5.56 Å². The minimum Gasteiger partial charge on any atom is -0.369 e. The van der Waals surface area contributed by atoms with Crippen LogP contribution < -0.4 is 4.90 Å². The van der Waals surface area contributed by atoms with E-state index in [4.69, 9.17) is 0 Å². The molecule has 0 aliphatic rings. The Balaban J connectivity index is 2.28. The number of hydrogen-bond acceptors (Lipinski definition) is 2. The zero-order chi connectivity index (χ0) is 13.8. The Morgan fingerprint density at radius 2 is 1.89 bits per heavy atom. The second-order valence-corrected chi connectivity index (χ2v) is 6.00. The van der Waals surface area contributed by atoms with Gasteiger partial charge >= 0.3 is 0 Å². The highest BCUT2D eigenvalue weighted by Gasteiger charge is 2.10. The zero-order valence-corrected chi connectivity index (χ0v) is 13.6. The molecule has 0 saturated heterocycles. The van der Waals surface area contributed by atoms with Crippen LogP contribution in [0.15, 0.2) is 51.4 Å². The van der Waals surface area contributed by atoms with Crippen molar-refractivity contribution in [2.75, 3.05) is 11.9 Å². The van der Waals surface area contributed by atoms with Crippen molar-refractivity contribution in [2.24, 2.45) is 0 Å². The molecule has 0 aromatic heterocycles. The summed E-state index contributed by atoms with van der Waals surface area (Å²) in [4.78, 5) is 2.07. The van der Waals surface area contributed by atoms with Crippen LogP contribution in [0.4, 0.5) is 5.69 Å². The van der Waals surface area contributed by atoms with Gasteiger partial charge < -0.3 is 4.90 Å². The van der Waals surface area contributed by atoms with Gasteiger partial charge in [0, 0.05) is 22.5 Å². The summed E-state index contributed by atoms with van der Waals surface area (Å²) in [6.07, 6.45) is 0. The summed E-state index contributed by atoms with van der Waals surface area (Å²) in [5.41, 5.74) is 2.79. The third-order valence-corrected chi connectivity index (χ3v) is 3.98. The summed E-state index contributed by atoms with van der Waals surface area (Å²) >= 11 is 6.89. The van der Waals surface area contributed by atoms with Crippen LogP contribution in [0, 0.1) is 11.3 Å². The summed E-state index contributed by atoms with van der Waals surface area (Å²) in [7, 11) is 1.99. The average Bonchev–Trinajstić information content (AvgIpc) is 2.38.